The molecule has 0 bridgehead atoms. The van der Waals surface area contributed by atoms with Crippen LogP contribution in [0.4, 0.5) is 0 Å². The van der Waals surface area contributed by atoms with E-state index >= 15 is 0 Å². The average molecular weight is 494 g/mol. The lowest BCUT2D eigenvalue weighted by molar-refractivity contribution is -0.107. The molecular weight excluding hydrogens is 442 g/mol. The van der Waals surface area contributed by atoms with Crippen molar-refractivity contribution in [3.05, 3.63) is 71.8 Å². The molecule has 2 rings (SSSR count). The molecule has 0 fully saturated rings. The van der Waals surface area contributed by atoms with Gasteiger partial charge in [0.15, 0.2) is 0 Å². The maximum atomic E-state index is 9.40. The molecule has 2 aromatic carbocycles. The van der Waals surface area contributed by atoms with Crippen LogP contribution in [0.2, 0.25) is 19.6 Å². The highest BCUT2D eigenvalue weighted by molar-refractivity contribution is 6.83. The predicted octanol–water partition coefficient (Wildman–Crippen LogP) is 8.64. The van der Waals surface area contributed by atoms with Crippen molar-refractivity contribution in [2.24, 2.45) is 0 Å². The number of carbonyl (C=O) groups is 1. The van der Waals surface area contributed by atoms with E-state index in [0.29, 0.717) is 12.5 Å². The molecule has 0 aliphatic rings. The Morgan fingerprint density at radius 1 is 0.886 bits per heavy atom. The third-order valence-corrected chi connectivity index (χ3v) is 5.37. The second-order valence-electron chi connectivity index (χ2n) is 8.94. The molecule has 0 saturated heterocycles. The molecule has 0 aliphatic heterocycles. The van der Waals surface area contributed by atoms with Gasteiger partial charge in [0.25, 0.3) is 0 Å². The summed E-state index contributed by atoms with van der Waals surface area (Å²) in [5, 5.41) is 0. The van der Waals surface area contributed by atoms with Gasteiger partial charge in [-0.15, -0.1) is 17.9 Å². The van der Waals surface area contributed by atoms with Crippen LogP contribution in [0.3, 0.4) is 0 Å². The molecule has 0 radical (unpaired) electrons. The van der Waals surface area contributed by atoms with Crippen molar-refractivity contribution >= 4 is 14.4 Å². The van der Waals surface area contributed by atoms with Crippen LogP contribution in [0.5, 0.6) is 0 Å². The summed E-state index contributed by atoms with van der Waals surface area (Å²) in [6.45, 7) is 14.7. The van der Waals surface area contributed by atoms with E-state index in [4.69, 9.17) is 0 Å². The molecule has 2 nitrogen and oxygen atoms in total. The second-order valence-corrected chi connectivity index (χ2v) is 13.7. The van der Waals surface area contributed by atoms with Gasteiger partial charge in [-0.1, -0.05) is 121 Å². The SMILES string of the molecule is C.C.C#CC.CCCC(C#C[Si](C)(C)C)N(Cc1ccccc1)Cc1ccccc1.CCCC=O. The van der Waals surface area contributed by atoms with Crippen LogP contribution in [-0.2, 0) is 17.9 Å². The van der Waals surface area contributed by atoms with E-state index in [2.05, 4.69) is 116 Å². The number of benzene rings is 2. The lowest BCUT2D eigenvalue weighted by Gasteiger charge is -2.29. The Morgan fingerprint density at radius 3 is 1.60 bits per heavy atom. The molecule has 2 aromatic rings. The molecule has 0 N–H and O–H groups in total. The monoisotopic (exact) mass is 493 g/mol. The van der Waals surface area contributed by atoms with Crippen LogP contribution >= 0.6 is 0 Å². The fraction of sp³-hybridized carbons (Fsp3) is 0.469. The molecular formula is C32H51NOSi. The van der Waals surface area contributed by atoms with Gasteiger partial charge < -0.3 is 4.79 Å². The van der Waals surface area contributed by atoms with Gasteiger partial charge in [-0.05, 0) is 30.9 Å². The van der Waals surface area contributed by atoms with Crippen molar-refractivity contribution in [3.63, 3.8) is 0 Å². The van der Waals surface area contributed by atoms with Crippen molar-refractivity contribution in [3.8, 4) is 23.8 Å². The van der Waals surface area contributed by atoms with Gasteiger partial charge in [0.2, 0.25) is 0 Å². The van der Waals surface area contributed by atoms with E-state index in [1.165, 1.54) is 11.1 Å². The molecule has 1 unspecified atom stereocenters. The molecule has 194 valence electrons. The van der Waals surface area contributed by atoms with Crippen LogP contribution in [0.25, 0.3) is 0 Å². The quantitative estimate of drug-likeness (QED) is 0.198. The Hall–Kier alpha value is -2.59. The third kappa shape index (κ3) is 20.5. The van der Waals surface area contributed by atoms with E-state index in [1.807, 2.05) is 6.92 Å². The maximum Gasteiger partial charge on any atom is 0.129 e. The average Bonchev–Trinajstić information content (AvgIpc) is 2.79. The van der Waals surface area contributed by atoms with Gasteiger partial charge in [-0.25, -0.2) is 0 Å². The Labute approximate surface area is 219 Å². The Kier molecular flexibility index (Phi) is 24.5. The molecule has 0 aromatic heterocycles. The van der Waals surface area contributed by atoms with Gasteiger partial charge in [0.05, 0.1) is 6.04 Å². The highest BCUT2D eigenvalue weighted by atomic mass is 28.3. The summed E-state index contributed by atoms with van der Waals surface area (Å²) in [7, 11) is -1.37. The van der Waals surface area contributed by atoms with Crippen LogP contribution in [0.1, 0.15) is 72.4 Å². The summed E-state index contributed by atoms with van der Waals surface area (Å²) in [5.41, 5.74) is 6.32. The highest BCUT2D eigenvalue weighted by Gasteiger charge is 2.18. The Balaban J connectivity index is -0.000000895. The first-order chi connectivity index (χ1) is 15.8. The summed E-state index contributed by atoms with van der Waals surface area (Å²) in [6.07, 6.45) is 9.49. The molecule has 3 heteroatoms. The van der Waals surface area contributed by atoms with E-state index in [-0.39, 0.29) is 14.9 Å². The van der Waals surface area contributed by atoms with Gasteiger partial charge in [0.1, 0.15) is 14.4 Å². The van der Waals surface area contributed by atoms with E-state index in [1.54, 1.807) is 6.92 Å². The van der Waals surface area contributed by atoms with Crippen LogP contribution < -0.4 is 0 Å². The maximum absolute atomic E-state index is 9.40. The van der Waals surface area contributed by atoms with Crippen LogP contribution in [0.15, 0.2) is 60.7 Å². The first-order valence-electron chi connectivity index (χ1n) is 12.0. The van der Waals surface area contributed by atoms with Crippen molar-refractivity contribution in [1.82, 2.24) is 4.90 Å². The number of carbonyl (C=O) groups excluding carboxylic acids is 1. The number of hydrogen-bond acceptors (Lipinski definition) is 2. The fourth-order valence-corrected chi connectivity index (χ4v) is 3.55. The molecule has 1 atom stereocenters. The molecule has 0 saturated carbocycles. The summed E-state index contributed by atoms with van der Waals surface area (Å²) in [6, 6.07) is 21.8. The minimum Gasteiger partial charge on any atom is -0.303 e. The number of hydrogen-bond donors (Lipinski definition) is 0. The van der Waals surface area contributed by atoms with Crippen LogP contribution in [0, 0.1) is 23.8 Å². The number of aldehydes is 1. The zero-order chi connectivity index (χ0) is 25.0. The van der Waals surface area contributed by atoms with E-state index in [0.717, 1.165) is 38.6 Å². The topological polar surface area (TPSA) is 20.3 Å². The highest BCUT2D eigenvalue weighted by Crippen LogP contribution is 2.16. The summed E-state index contributed by atoms with van der Waals surface area (Å²) in [4.78, 5) is 11.9. The second kappa shape index (κ2) is 23.2. The van der Waals surface area contributed by atoms with Gasteiger partial charge >= 0.3 is 0 Å². The first kappa shape index (κ1) is 37.0. The van der Waals surface area contributed by atoms with Crippen molar-refractivity contribution < 1.29 is 4.79 Å². The van der Waals surface area contributed by atoms with Gasteiger partial charge in [0, 0.05) is 19.5 Å². The zero-order valence-electron chi connectivity index (χ0n) is 21.6. The lowest BCUT2D eigenvalue weighted by atomic mass is 10.1. The predicted molar refractivity (Wildman–Crippen MR) is 161 cm³/mol. The van der Waals surface area contributed by atoms with Crippen molar-refractivity contribution in [2.75, 3.05) is 0 Å². The van der Waals surface area contributed by atoms with Crippen molar-refractivity contribution in [2.45, 2.75) is 100 Å². The Bertz CT molecular complexity index is 797. The largest absolute Gasteiger partial charge is 0.303 e. The summed E-state index contributed by atoms with van der Waals surface area (Å²) in [5.74, 6) is 5.89. The minimum atomic E-state index is -1.37. The zero-order valence-corrected chi connectivity index (χ0v) is 22.6. The van der Waals surface area contributed by atoms with Gasteiger partial charge in [-0.3, -0.25) is 4.90 Å². The lowest BCUT2D eigenvalue weighted by Crippen LogP contribution is -2.34. The molecule has 35 heavy (non-hydrogen) atoms. The molecule has 0 amide bonds. The van der Waals surface area contributed by atoms with Crippen molar-refractivity contribution in [1.29, 1.82) is 0 Å². The minimum absolute atomic E-state index is 0. The first-order valence-corrected chi connectivity index (χ1v) is 15.5. The van der Waals surface area contributed by atoms with Gasteiger partial charge in [-0.2, -0.15) is 0 Å². The number of nitrogens with zero attached hydrogens (tertiary/aromatic N) is 1. The standard InChI is InChI=1S/C23H31NSi.C4H8O.C3H4.2CH4/c1-5-12-23(17-18-25(2,3)4)24(19-21-13-8-6-9-14-21)20-22-15-10-7-11-16-22;1-2-3-4-5;1-3-2;;/h6-11,13-16,23H,5,12,19-20H2,1-4H3;4H,2-3H2,1H3;1H,2H3;2*1H4. The van der Waals surface area contributed by atoms with E-state index < -0.39 is 8.07 Å². The molecule has 0 heterocycles. The smallest absolute Gasteiger partial charge is 0.129 e. The summed E-state index contributed by atoms with van der Waals surface area (Å²) >= 11 is 0. The third-order valence-electron chi connectivity index (χ3n) is 4.48. The molecule has 0 aliphatic carbocycles. The normalized spacial score (nSPS) is 10.2. The Morgan fingerprint density at radius 2 is 1.31 bits per heavy atom. The van der Waals surface area contributed by atoms with Crippen LogP contribution in [-0.4, -0.2) is 25.3 Å². The fourth-order valence-electron chi connectivity index (χ4n) is 2.95. The number of terminal acetylenes is 1. The molecule has 0 spiro atoms. The van der Waals surface area contributed by atoms with E-state index in [9.17, 15) is 4.79 Å². The summed E-state index contributed by atoms with van der Waals surface area (Å²) < 4.78 is 0. The number of unbranched alkanes of at least 4 members (excludes halogenated alkanes) is 1. The number of rotatable bonds is 9.